The van der Waals surface area contributed by atoms with Crippen LogP contribution in [-0.4, -0.2) is 4.92 Å². The molecule has 0 amide bonds. The third kappa shape index (κ3) is 2.88. The Labute approximate surface area is 76.1 Å². The molecule has 1 aromatic rings. The minimum atomic E-state index is -0.512. The summed E-state index contributed by atoms with van der Waals surface area (Å²) in [6.07, 6.45) is 0. The second kappa shape index (κ2) is 5.55. The van der Waals surface area contributed by atoms with E-state index in [1.54, 1.807) is 12.1 Å². The van der Waals surface area contributed by atoms with Crippen LogP contribution in [0.25, 0.3) is 0 Å². The molecule has 0 aliphatic heterocycles. The first kappa shape index (κ1) is 10.9. The van der Waals surface area contributed by atoms with Gasteiger partial charge >= 0.3 is 0 Å². The van der Waals surface area contributed by atoms with E-state index < -0.39 is 4.92 Å². The lowest BCUT2D eigenvalue weighted by Crippen LogP contribution is -1.87. The molecule has 0 atom stereocenters. The fourth-order valence-electron chi connectivity index (χ4n) is 0.600. The number of nitrogens with zero attached hydrogens (tertiary/aromatic N) is 1. The molecule has 0 aromatic heterocycles. The van der Waals surface area contributed by atoms with Crippen molar-refractivity contribution in [3.8, 4) is 0 Å². The first-order valence-electron chi connectivity index (χ1n) is 3.61. The van der Waals surface area contributed by atoms with Crippen LogP contribution in [0.4, 0.5) is 5.69 Å². The van der Waals surface area contributed by atoms with Gasteiger partial charge in [-0.15, -0.1) is 0 Å². The van der Waals surface area contributed by atoms with Crippen molar-refractivity contribution < 1.29 is 4.92 Å². The number of para-hydroxylation sites is 1. The maximum Gasteiger partial charge on any atom is 0.287 e. The van der Waals surface area contributed by atoms with Gasteiger partial charge in [-0.3, -0.25) is 10.1 Å². The Morgan fingerprint density at radius 2 is 1.83 bits per heavy atom. The highest BCUT2D eigenvalue weighted by Gasteiger charge is 2.08. The van der Waals surface area contributed by atoms with Gasteiger partial charge in [-0.05, 0) is 6.07 Å². The molecular weight excluding hydrogens is 178 g/mol. The van der Waals surface area contributed by atoms with E-state index in [4.69, 9.17) is 11.6 Å². The van der Waals surface area contributed by atoms with Crippen molar-refractivity contribution in [2.24, 2.45) is 0 Å². The summed E-state index contributed by atoms with van der Waals surface area (Å²) in [5.74, 6) is 0. The van der Waals surface area contributed by atoms with Gasteiger partial charge in [-0.2, -0.15) is 0 Å². The Morgan fingerprint density at radius 1 is 1.33 bits per heavy atom. The predicted molar refractivity (Wildman–Crippen MR) is 49.5 cm³/mol. The van der Waals surface area contributed by atoms with E-state index in [-0.39, 0.29) is 10.7 Å². The number of nitro benzene ring substituents is 1. The Kier molecular flexibility index (Phi) is 5.04. The number of benzene rings is 1. The van der Waals surface area contributed by atoms with Crippen molar-refractivity contribution in [2.45, 2.75) is 13.8 Å². The number of nitro groups is 1. The van der Waals surface area contributed by atoms with Gasteiger partial charge in [0.15, 0.2) is 0 Å². The summed E-state index contributed by atoms with van der Waals surface area (Å²) in [5, 5.41) is 10.3. The first-order chi connectivity index (χ1) is 5.72. The molecule has 0 aliphatic rings. The maximum absolute atomic E-state index is 10.1. The van der Waals surface area contributed by atoms with Crippen molar-refractivity contribution in [1.29, 1.82) is 0 Å². The lowest BCUT2D eigenvalue weighted by Gasteiger charge is -1.90. The van der Waals surface area contributed by atoms with Crippen LogP contribution in [0.3, 0.4) is 0 Å². The van der Waals surface area contributed by atoms with Crippen molar-refractivity contribution in [1.82, 2.24) is 0 Å². The van der Waals surface area contributed by atoms with Gasteiger partial charge in [0.2, 0.25) is 0 Å². The lowest BCUT2D eigenvalue weighted by molar-refractivity contribution is -0.384. The summed E-state index contributed by atoms with van der Waals surface area (Å²) in [5.41, 5.74) is -0.0517. The second-order valence-electron chi connectivity index (χ2n) is 1.71. The molecule has 0 aliphatic carbocycles. The van der Waals surface area contributed by atoms with Gasteiger partial charge in [-0.25, -0.2) is 0 Å². The molecule has 0 radical (unpaired) electrons. The molecular formula is C8H10ClNO2. The van der Waals surface area contributed by atoms with Gasteiger partial charge < -0.3 is 0 Å². The minimum absolute atomic E-state index is 0.0517. The quantitative estimate of drug-likeness (QED) is 0.500. The van der Waals surface area contributed by atoms with E-state index in [0.29, 0.717) is 0 Å². The van der Waals surface area contributed by atoms with Crippen LogP contribution < -0.4 is 0 Å². The summed E-state index contributed by atoms with van der Waals surface area (Å²) in [7, 11) is 0. The number of rotatable bonds is 1. The SMILES string of the molecule is CC.O=[N+]([O-])c1ccccc1Cl. The minimum Gasteiger partial charge on any atom is -0.258 e. The van der Waals surface area contributed by atoms with Crippen molar-refractivity contribution in [2.75, 3.05) is 0 Å². The normalized spacial score (nSPS) is 8.25. The van der Waals surface area contributed by atoms with E-state index in [1.807, 2.05) is 13.8 Å². The maximum atomic E-state index is 10.1. The van der Waals surface area contributed by atoms with Gasteiger partial charge in [-0.1, -0.05) is 37.6 Å². The van der Waals surface area contributed by atoms with E-state index in [1.165, 1.54) is 12.1 Å². The fraction of sp³-hybridized carbons (Fsp3) is 0.250. The molecule has 0 fully saturated rings. The Hall–Kier alpha value is -1.09. The van der Waals surface area contributed by atoms with E-state index in [9.17, 15) is 10.1 Å². The standard InChI is InChI=1S/C6H4ClNO2.C2H6/c7-5-3-1-2-4-6(5)8(9)10;1-2/h1-4H;1-2H3. The monoisotopic (exact) mass is 187 g/mol. The van der Waals surface area contributed by atoms with Crippen LogP contribution >= 0.6 is 11.6 Å². The fourth-order valence-corrected chi connectivity index (χ4v) is 0.805. The van der Waals surface area contributed by atoms with Crippen LogP contribution in [0.1, 0.15) is 13.8 Å². The molecule has 0 spiro atoms. The zero-order valence-corrected chi connectivity index (χ0v) is 7.71. The summed E-state index contributed by atoms with van der Waals surface area (Å²) < 4.78 is 0. The third-order valence-electron chi connectivity index (χ3n) is 1.05. The third-order valence-corrected chi connectivity index (χ3v) is 1.37. The molecule has 4 heteroatoms. The topological polar surface area (TPSA) is 43.1 Å². The highest BCUT2D eigenvalue weighted by molar-refractivity contribution is 6.32. The Bertz CT molecular complexity index is 263. The number of hydrogen-bond donors (Lipinski definition) is 0. The van der Waals surface area contributed by atoms with Crippen LogP contribution in [-0.2, 0) is 0 Å². The van der Waals surface area contributed by atoms with E-state index in [2.05, 4.69) is 0 Å². The van der Waals surface area contributed by atoms with Gasteiger partial charge in [0.05, 0.1) is 4.92 Å². The summed E-state index contributed by atoms with van der Waals surface area (Å²) in [4.78, 5) is 9.63. The molecule has 3 nitrogen and oxygen atoms in total. The van der Waals surface area contributed by atoms with E-state index >= 15 is 0 Å². The highest BCUT2D eigenvalue weighted by atomic mass is 35.5. The Balaban J connectivity index is 0.000000561. The molecule has 0 heterocycles. The average molecular weight is 188 g/mol. The van der Waals surface area contributed by atoms with Gasteiger partial charge in [0, 0.05) is 6.07 Å². The molecule has 1 rings (SSSR count). The zero-order valence-electron chi connectivity index (χ0n) is 6.95. The summed E-state index contributed by atoms with van der Waals surface area (Å²) in [6, 6.07) is 6.07. The van der Waals surface area contributed by atoms with Crippen molar-refractivity contribution in [3.05, 3.63) is 39.4 Å². The average Bonchev–Trinajstić information content (AvgIpc) is 2.08. The second-order valence-corrected chi connectivity index (χ2v) is 2.12. The van der Waals surface area contributed by atoms with Gasteiger partial charge in [0.1, 0.15) is 5.02 Å². The first-order valence-corrected chi connectivity index (χ1v) is 3.98. The zero-order chi connectivity index (χ0) is 9.56. The molecule has 0 saturated carbocycles. The van der Waals surface area contributed by atoms with E-state index in [0.717, 1.165) is 0 Å². The van der Waals surface area contributed by atoms with Crippen molar-refractivity contribution >= 4 is 17.3 Å². The Morgan fingerprint density at radius 3 is 2.17 bits per heavy atom. The smallest absolute Gasteiger partial charge is 0.258 e. The molecule has 12 heavy (non-hydrogen) atoms. The lowest BCUT2D eigenvalue weighted by atomic mass is 10.3. The van der Waals surface area contributed by atoms with Crippen LogP contribution in [0, 0.1) is 10.1 Å². The molecule has 66 valence electrons. The van der Waals surface area contributed by atoms with Crippen molar-refractivity contribution in [3.63, 3.8) is 0 Å². The molecule has 0 saturated heterocycles. The molecule has 0 unspecified atom stereocenters. The summed E-state index contributed by atoms with van der Waals surface area (Å²) in [6.45, 7) is 4.00. The molecule has 1 aromatic carbocycles. The largest absolute Gasteiger partial charge is 0.287 e. The predicted octanol–water partition coefficient (Wildman–Crippen LogP) is 3.27. The number of hydrogen-bond acceptors (Lipinski definition) is 2. The molecule has 0 bridgehead atoms. The van der Waals surface area contributed by atoms with Gasteiger partial charge in [0.25, 0.3) is 5.69 Å². The number of halogens is 1. The van der Waals surface area contributed by atoms with Crippen LogP contribution in [0.5, 0.6) is 0 Å². The van der Waals surface area contributed by atoms with Crippen LogP contribution in [0.2, 0.25) is 5.02 Å². The molecule has 0 N–H and O–H groups in total. The highest BCUT2D eigenvalue weighted by Crippen LogP contribution is 2.21. The summed E-state index contributed by atoms with van der Waals surface area (Å²) >= 11 is 5.48. The van der Waals surface area contributed by atoms with Crippen LogP contribution in [0.15, 0.2) is 24.3 Å².